The van der Waals surface area contributed by atoms with E-state index in [1.54, 1.807) is 29.6 Å². The maximum atomic E-state index is 12.6. The van der Waals surface area contributed by atoms with Crippen LogP contribution < -0.4 is 0 Å². The molecule has 1 aromatic carbocycles. The van der Waals surface area contributed by atoms with Crippen LogP contribution in [0.1, 0.15) is 23.7 Å². The Bertz CT molecular complexity index is 694. The zero-order valence-corrected chi connectivity index (χ0v) is 12.9. The molecule has 1 fully saturated rings. The van der Waals surface area contributed by atoms with E-state index in [0.717, 1.165) is 5.69 Å². The average molecular weight is 313 g/mol. The smallest absolute Gasteiger partial charge is 0.308 e. The van der Waals surface area contributed by atoms with E-state index in [4.69, 9.17) is 0 Å². The quantitative estimate of drug-likeness (QED) is 0.941. The predicted octanol–water partition coefficient (Wildman–Crippen LogP) is 2.06. The van der Waals surface area contributed by atoms with Crippen LogP contribution in [-0.4, -0.2) is 44.5 Å². The summed E-state index contributed by atoms with van der Waals surface area (Å²) in [6.07, 6.45) is 5.85. The highest BCUT2D eigenvalue weighted by Gasteiger charge is 2.32. The molecule has 23 heavy (non-hydrogen) atoms. The van der Waals surface area contributed by atoms with Crippen LogP contribution in [0.2, 0.25) is 0 Å². The first-order chi connectivity index (χ1) is 11.0. The first-order valence-corrected chi connectivity index (χ1v) is 7.65. The second kappa shape index (κ2) is 6.24. The van der Waals surface area contributed by atoms with E-state index in [0.29, 0.717) is 18.5 Å². The Balaban J connectivity index is 1.76. The lowest BCUT2D eigenvalue weighted by Crippen LogP contribution is -2.45. The summed E-state index contributed by atoms with van der Waals surface area (Å²) in [5.41, 5.74) is 1.50. The summed E-state index contributed by atoms with van der Waals surface area (Å²) in [5.74, 6) is -1.23. The van der Waals surface area contributed by atoms with Crippen LogP contribution in [0.5, 0.6) is 0 Å². The van der Waals surface area contributed by atoms with Crippen LogP contribution >= 0.6 is 0 Å². The molecule has 1 aromatic heterocycles. The van der Waals surface area contributed by atoms with Crippen LogP contribution in [0.3, 0.4) is 0 Å². The minimum absolute atomic E-state index is 0.111. The first kappa shape index (κ1) is 15.3. The van der Waals surface area contributed by atoms with Gasteiger partial charge in [-0.2, -0.15) is 0 Å². The molecule has 0 saturated carbocycles. The predicted molar refractivity (Wildman–Crippen MR) is 84.4 cm³/mol. The molecule has 6 heteroatoms. The molecule has 0 radical (unpaired) electrons. The number of carboxylic acid groups (broad SMARTS) is 1. The SMILES string of the molecule is CC1CC(C(=O)O)CN(C(=O)c2ccc(-n3ccnc3)cc2)C1. The minimum atomic E-state index is -0.829. The molecule has 6 nitrogen and oxygen atoms in total. The summed E-state index contributed by atoms with van der Waals surface area (Å²) in [6.45, 7) is 2.87. The molecule has 120 valence electrons. The van der Waals surface area contributed by atoms with Crippen molar-refractivity contribution in [3.8, 4) is 5.69 Å². The van der Waals surface area contributed by atoms with E-state index >= 15 is 0 Å². The Morgan fingerprint density at radius 3 is 2.57 bits per heavy atom. The molecule has 3 rings (SSSR count). The highest BCUT2D eigenvalue weighted by molar-refractivity contribution is 5.94. The number of rotatable bonds is 3. The molecule has 2 heterocycles. The van der Waals surface area contributed by atoms with E-state index in [2.05, 4.69) is 4.98 Å². The summed E-state index contributed by atoms with van der Waals surface area (Å²) in [5, 5.41) is 9.22. The molecular formula is C17H19N3O3. The van der Waals surface area contributed by atoms with Crippen molar-refractivity contribution in [2.24, 2.45) is 11.8 Å². The summed E-state index contributed by atoms with van der Waals surface area (Å²) in [4.78, 5) is 29.5. The van der Waals surface area contributed by atoms with Gasteiger partial charge in [0.05, 0.1) is 12.2 Å². The number of aromatic nitrogens is 2. The van der Waals surface area contributed by atoms with E-state index in [1.807, 2.05) is 29.8 Å². The molecule has 1 N–H and O–H groups in total. The van der Waals surface area contributed by atoms with Gasteiger partial charge in [-0.25, -0.2) is 4.98 Å². The van der Waals surface area contributed by atoms with Crippen molar-refractivity contribution in [2.75, 3.05) is 13.1 Å². The van der Waals surface area contributed by atoms with Gasteiger partial charge in [0.25, 0.3) is 5.91 Å². The standard InChI is InChI=1S/C17H19N3O3/c1-12-8-14(17(22)23)10-20(9-12)16(21)13-2-4-15(5-3-13)19-7-6-18-11-19/h2-7,11-12,14H,8-10H2,1H3,(H,22,23). The number of hydrogen-bond donors (Lipinski definition) is 1. The number of benzene rings is 1. The number of carboxylic acids is 1. The third-order valence-corrected chi connectivity index (χ3v) is 4.21. The second-order valence-corrected chi connectivity index (χ2v) is 6.10. The first-order valence-electron chi connectivity index (χ1n) is 7.65. The van der Waals surface area contributed by atoms with Gasteiger partial charge in [-0.05, 0) is 36.6 Å². The monoisotopic (exact) mass is 313 g/mol. The van der Waals surface area contributed by atoms with Crippen LogP contribution in [-0.2, 0) is 4.79 Å². The average Bonchev–Trinajstić information content (AvgIpc) is 3.08. The van der Waals surface area contributed by atoms with Gasteiger partial charge in [-0.3, -0.25) is 9.59 Å². The molecule has 1 amide bonds. The van der Waals surface area contributed by atoms with E-state index < -0.39 is 11.9 Å². The number of carbonyl (C=O) groups excluding carboxylic acids is 1. The Labute approximate surface area is 134 Å². The normalized spacial score (nSPS) is 21.2. The zero-order valence-electron chi connectivity index (χ0n) is 12.9. The highest BCUT2D eigenvalue weighted by Crippen LogP contribution is 2.23. The lowest BCUT2D eigenvalue weighted by molar-refractivity contribution is -0.143. The maximum Gasteiger partial charge on any atom is 0.308 e. The van der Waals surface area contributed by atoms with Crippen LogP contribution in [0.15, 0.2) is 43.0 Å². The Kier molecular flexibility index (Phi) is 4.14. The topological polar surface area (TPSA) is 75.4 Å². The fourth-order valence-corrected chi connectivity index (χ4v) is 3.07. The molecule has 1 aliphatic heterocycles. The third-order valence-electron chi connectivity index (χ3n) is 4.21. The van der Waals surface area contributed by atoms with Crippen molar-refractivity contribution in [1.29, 1.82) is 0 Å². The molecule has 2 unspecified atom stereocenters. The van der Waals surface area contributed by atoms with Crippen molar-refractivity contribution in [3.63, 3.8) is 0 Å². The molecule has 1 aliphatic rings. The lowest BCUT2D eigenvalue weighted by Gasteiger charge is -2.34. The van der Waals surface area contributed by atoms with Crippen molar-refractivity contribution < 1.29 is 14.7 Å². The number of carbonyl (C=O) groups is 2. The number of amides is 1. The Morgan fingerprint density at radius 2 is 1.96 bits per heavy atom. The Hall–Kier alpha value is -2.63. The van der Waals surface area contributed by atoms with Crippen molar-refractivity contribution in [3.05, 3.63) is 48.5 Å². The summed E-state index contributed by atoms with van der Waals surface area (Å²) < 4.78 is 1.86. The molecular weight excluding hydrogens is 294 g/mol. The van der Waals surface area contributed by atoms with E-state index in [9.17, 15) is 14.7 Å². The van der Waals surface area contributed by atoms with Crippen LogP contribution in [0, 0.1) is 11.8 Å². The van der Waals surface area contributed by atoms with Crippen molar-refractivity contribution in [2.45, 2.75) is 13.3 Å². The number of nitrogens with zero attached hydrogens (tertiary/aromatic N) is 3. The fraction of sp³-hybridized carbons (Fsp3) is 0.353. The maximum absolute atomic E-state index is 12.6. The summed E-state index contributed by atoms with van der Waals surface area (Å²) >= 11 is 0. The number of imidazole rings is 1. The van der Waals surface area contributed by atoms with Crippen LogP contribution in [0.4, 0.5) is 0 Å². The van der Waals surface area contributed by atoms with Gasteiger partial charge in [0.15, 0.2) is 0 Å². The molecule has 2 atom stereocenters. The lowest BCUT2D eigenvalue weighted by atomic mass is 9.90. The molecule has 1 saturated heterocycles. The van der Waals surface area contributed by atoms with Crippen molar-refractivity contribution in [1.82, 2.24) is 14.5 Å². The zero-order chi connectivity index (χ0) is 16.4. The van der Waals surface area contributed by atoms with Gasteiger partial charge in [0, 0.05) is 36.7 Å². The summed E-state index contributed by atoms with van der Waals surface area (Å²) in [6, 6.07) is 7.26. The van der Waals surface area contributed by atoms with Gasteiger partial charge < -0.3 is 14.6 Å². The second-order valence-electron chi connectivity index (χ2n) is 6.10. The number of hydrogen-bond acceptors (Lipinski definition) is 3. The molecule has 2 aromatic rings. The van der Waals surface area contributed by atoms with Crippen LogP contribution in [0.25, 0.3) is 5.69 Å². The largest absolute Gasteiger partial charge is 0.481 e. The third kappa shape index (κ3) is 3.26. The van der Waals surface area contributed by atoms with Gasteiger partial charge in [0.1, 0.15) is 0 Å². The number of likely N-dealkylation sites (tertiary alicyclic amines) is 1. The van der Waals surface area contributed by atoms with E-state index in [1.165, 1.54) is 0 Å². The molecule has 0 bridgehead atoms. The minimum Gasteiger partial charge on any atom is -0.481 e. The van der Waals surface area contributed by atoms with Crippen molar-refractivity contribution >= 4 is 11.9 Å². The van der Waals surface area contributed by atoms with Gasteiger partial charge in [-0.1, -0.05) is 6.92 Å². The van der Waals surface area contributed by atoms with Gasteiger partial charge >= 0.3 is 5.97 Å². The molecule has 0 spiro atoms. The number of piperidine rings is 1. The molecule has 0 aliphatic carbocycles. The number of aliphatic carboxylic acids is 1. The van der Waals surface area contributed by atoms with Gasteiger partial charge in [0.2, 0.25) is 0 Å². The fourth-order valence-electron chi connectivity index (χ4n) is 3.07. The summed E-state index contributed by atoms with van der Waals surface area (Å²) in [7, 11) is 0. The highest BCUT2D eigenvalue weighted by atomic mass is 16.4. The Morgan fingerprint density at radius 1 is 1.22 bits per heavy atom. The van der Waals surface area contributed by atoms with Gasteiger partial charge in [-0.15, -0.1) is 0 Å². The van der Waals surface area contributed by atoms with E-state index in [-0.39, 0.29) is 18.4 Å².